The molecule has 0 aliphatic carbocycles. The minimum Gasteiger partial charge on any atom is -0.256 e. The fourth-order valence-electron chi connectivity index (χ4n) is 1.16. The average Bonchev–Trinajstić information content (AvgIpc) is 2.03. The Bertz CT molecular complexity index is 339. The van der Waals surface area contributed by atoms with Crippen LogP contribution in [0.5, 0.6) is 0 Å². The number of aryl methyl sites for hydroxylation is 2. The van der Waals surface area contributed by atoms with Crippen LogP contribution < -0.4 is 0 Å². The third-order valence-electron chi connectivity index (χ3n) is 1.66. The molecule has 0 amide bonds. The molecule has 1 aromatic rings. The van der Waals surface area contributed by atoms with Crippen LogP contribution in [-0.4, -0.2) is 4.98 Å². The van der Waals surface area contributed by atoms with E-state index in [2.05, 4.69) is 33.6 Å². The summed E-state index contributed by atoms with van der Waals surface area (Å²) in [5.74, 6) is 0. The second-order valence-electron chi connectivity index (χ2n) is 2.65. The lowest BCUT2D eigenvalue weighted by Crippen LogP contribution is -1.96. The highest BCUT2D eigenvalue weighted by Crippen LogP contribution is 2.15. The van der Waals surface area contributed by atoms with Crippen molar-refractivity contribution < 1.29 is 0 Å². The molecule has 0 aliphatic heterocycles. The zero-order chi connectivity index (χ0) is 9.14. The molecular formula is C9H9IN2. The van der Waals surface area contributed by atoms with Crippen LogP contribution >= 0.6 is 22.6 Å². The lowest BCUT2D eigenvalue weighted by Gasteiger charge is -2.03. The Hall–Kier alpha value is -0.630. The zero-order valence-electron chi connectivity index (χ0n) is 7.06. The van der Waals surface area contributed by atoms with E-state index >= 15 is 0 Å². The van der Waals surface area contributed by atoms with Gasteiger partial charge in [-0.1, -0.05) is 22.6 Å². The number of hydrogen-bond donors (Lipinski definition) is 0. The highest BCUT2D eigenvalue weighted by molar-refractivity contribution is 14.1. The Morgan fingerprint density at radius 2 is 2.25 bits per heavy atom. The Labute approximate surface area is 85.8 Å². The first-order valence-electron chi connectivity index (χ1n) is 3.62. The monoisotopic (exact) mass is 272 g/mol. The maximum absolute atomic E-state index is 8.83. The van der Waals surface area contributed by atoms with Crippen LogP contribution in [0.2, 0.25) is 0 Å². The van der Waals surface area contributed by atoms with Crippen LogP contribution in [-0.2, 0) is 4.43 Å². The molecule has 0 saturated heterocycles. The van der Waals surface area contributed by atoms with Crippen molar-refractivity contribution in [2.45, 2.75) is 18.3 Å². The number of aromatic nitrogens is 1. The van der Waals surface area contributed by atoms with Crippen LogP contribution in [0, 0.1) is 25.2 Å². The summed E-state index contributed by atoms with van der Waals surface area (Å²) in [5, 5.41) is 8.83. The van der Waals surface area contributed by atoms with Gasteiger partial charge in [-0.05, 0) is 25.5 Å². The molecule has 0 atom stereocenters. The van der Waals surface area contributed by atoms with Crippen LogP contribution in [0.4, 0.5) is 0 Å². The minimum atomic E-state index is 0.731. The summed E-state index contributed by atoms with van der Waals surface area (Å²) in [6.07, 6.45) is 0. The van der Waals surface area contributed by atoms with Gasteiger partial charge in [-0.2, -0.15) is 5.26 Å². The highest BCUT2D eigenvalue weighted by Gasteiger charge is 2.05. The van der Waals surface area contributed by atoms with Crippen molar-refractivity contribution in [3.8, 4) is 6.07 Å². The molecule has 1 heterocycles. The van der Waals surface area contributed by atoms with E-state index in [0.717, 1.165) is 26.9 Å². The first-order valence-corrected chi connectivity index (χ1v) is 5.14. The van der Waals surface area contributed by atoms with Crippen LogP contribution in [0.3, 0.4) is 0 Å². The molecule has 0 fully saturated rings. The van der Waals surface area contributed by atoms with Crippen LogP contribution in [0.1, 0.15) is 22.5 Å². The number of hydrogen-bond acceptors (Lipinski definition) is 2. The average molecular weight is 272 g/mol. The summed E-state index contributed by atoms with van der Waals surface area (Å²) in [5.41, 5.74) is 3.64. The van der Waals surface area contributed by atoms with Gasteiger partial charge in [0.2, 0.25) is 0 Å². The topological polar surface area (TPSA) is 36.7 Å². The van der Waals surface area contributed by atoms with Gasteiger partial charge < -0.3 is 0 Å². The van der Waals surface area contributed by atoms with E-state index in [-0.39, 0.29) is 0 Å². The molecule has 0 saturated carbocycles. The van der Waals surface area contributed by atoms with Crippen molar-refractivity contribution in [1.82, 2.24) is 4.98 Å². The number of rotatable bonds is 1. The molecule has 62 valence electrons. The number of pyridine rings is 1. The van der Waals surface area contributed by atoms with E-state index in [1.807, 2.05) is 19.9 Å². The molecule has 1 rings (SSSR count). The number of halogens is 1. The Balaban J connectivity index is 3.36. The molecule has 0 N–H and O–H groups in total. The third-order valence-corrected chi connectivity index (χ3v) is 2.38. The summed E-state index contributed by atoms with van der Waals surface area (Å²) in [7, 11) is 0. The molecule has 1 aromatic heterocycles. The molecule has 0 spiro atoms. The summed E-state index contributed by atoms with van der Waals surface area (Å²) in [4.78, 5) is 4.29. The lowest BCUT2D eigenvalue weighted by atomic mass is 10.1. The minimum absolute atomic E-state index is 0.731. The van der Waals surface area contributed by atoms with Crippen molar-refractivity contribution >= 4 is 22.6 Å². The molecule has 0 aliphatic rings. The van der Waals surface area contributed by atoms with Gasteiger partial charge in [-0.25, -0.2) is 0 Å². The summed E-state index contributed by atoms with van der Waals surface area (Å²) < 4.78 is 0.795. The molecule has 0 unspecified atom stereocenters. The molecular weight excluding hydrogens is 263 g/mol. The molecule has 2 nitrogen and oxygen atoms in total. The van der Waals surface area contributed by atoms with E-state index in [1.165, 1.54) is 0 Å². The van der Waals surface area contributed by atoms with Gasteiger partial charge in [0.05, 0.1) is 11.3 Å². The number of nitrogens with zero attached hydrogens (tertiary/aromatic N) is 2. The first-order chi connectivity index (χ1) is 5.69. The maximum atomic E-state index is 8.83. The van der Waals surface area contributed by atoms with Gasteiger partial charge in [-0.15, -0.1) is 0 Å². The molecule has 0 radical (unpaired) electrons. The molecule has 12 heavy (non-hydrogen) atoms. The summed E-state index contributed by atoms with van der Waals surface area (Å²) in [6.45, 7) is 3.90. The normalized spacial score (nSPS) is 9.50. The Kier molecular flexibility index (Phi) is 3.04. The predicted octanol–water partition coefficient (Wildman–Crippen LogP) is 2.51. The van der Waals surface area contributed by atoms with Crippen molar-refractivity contribution in [1.29, 1.82) is 5.26 Å². The van der Waals surface area contributed by atoms with E-state index in [1.54, 1.807) is 0 Å². The van der Waals surface area contributed by atoms with Crippen molar-refractivity contribution in [3.63, 3.8) is 0 Å². The zero-order valence-corrected chi connectivity index (χ0v) is 9.21. The third kappa shape index (κ3) is 1.75. The summed E-state index contributed by atoms with van der Waals surface area (Å²) >= 11 is 2.22. The molecule has 3 heteroatoms. The molecule has 0 aromatic carbocycles. The Morgan fingerprint density at radius 1 is 1.58 bits per heavy atom. The van der Waals surface area contributed by atoms with Gasteiger partial charge in [0, 0.05) is 10.1 Å². The van der Waals surface area contributed by atoms with E-state index in [0.29, 0.717) is 0 Å². The first kappa shape index (κ1) is 9.46. The van der Waals surface area contributed by atoms with Gasteiger partial charge >= 0.3 is 0 Å². The maximum Gasteiger partial charge on any atom is 0.101 e. The lowest BCUT2D eigenvalue weighted by molar-refractivity contribution is 1.08. The fraction of sp³-hybridized carbons (Fsp3) is 0.333. The van der Waals surface area contributed by atoms with Crippen molar-refractivity contribution in [3.05, 3.63) is 28.6 Å². The standard InChI is InChI=1S/C9H9IN2/c1-6-3-7(2)12-9(4-10)8(6)5-11/h3H,4H2,1-2H3. The summed E-state index contributed by atoms with van der Waals surface area (Å²) in [6, 6.07) is 4.11. The quantitative estimate of drug-likeness (QED) is 0.581. The van der Waals surface area contributed by atoms with E-state index < -0.39 is 0 Å². The Morgan fingerprint density at radius 3 is 2.75 bits per heavy atom. The van der Waals surface area contributed by atoms with Crippen molar-refractivity contribution in [2.24, 2.45) is 0 Å². The van der Waals surface area contributed by atoms with Gasteiger partial charge in [0.25, 0.3) is 0 Å². The highest BCUT2D eigenvalue weighted by atomic mass is 127. The smallest absolute Gasteiger partial charge is 0.101 e. The fourth-order valence-corrected chi connectivity index (χ4v) is 1.72. The second kappa shape index (κ2) is 3.85. The molecule has 0 bridgehead atoms. The predicted molar refractivity (Wildman–Crippen MR) is 56.2 cm³/mol. The van der Waals surface area contributed by atoms with Crippen LogP contribution in [0.25, 0.3) is 0 Å². The number of nitriles is 1. The van der Waals surface area contributed by atoms with Gasteiger partial charge in [0.1, 0.15) is 6.07 Å². The van der Waals surface area contributed by atoms with Gasteiger partial charge in [0.15, 0.2) is 0 Å². The van der Waals surface area contributed by atoms with Crippen molar-refractivity contribution in [2.75, 3.05) is 0 Å². The van der Waals surface area contributed by atoms with Crippen LogP contribution in [0.15, 0.2) is 6.07 Å². The SMILES string of the molecule is Cc1cc(C)c(C#N)c(CI)n1. The van der Waals surface area contributed by atoms with E-state index in [9.17, 15) is 0 Å². The van der Waals surface area contributed by atoms with E-state index in [4.69, 9.17) is 5.26 Å². The van der Waals surface area contributed by atoms with Gasteiger partial charge in [-0.3, -0.25) is 4.98 Å². The second-order valence-corrected chi connectivity index (χ2v) is 3.41. The number of alkyl halides is 1. The largest absolute Gasteiger partial charge is 0.256 e.